The third-order valence-corrected chi connectivity index (χ3v) is 0.230. The Morgan fingerprint density at radius 3 is 2.00 bits per heavy atom. The van der Waals surface area contributed by atoms with E-state index in [1.807, 2.05) is 0 Å². The van der Waals surface area contributed by atoms with Gasteiger partial charge < -0.3 is 9.94 Å². The normalized spacial score (nSPS) is 5.89. The van der Waals surface area contributed by atoms with Crippen LogP contribution in [0.2, 0.25) is 0 Å². The van der Waals surface area contributed by atoms with Crippen LogP contribution in [-0.4, -0.2) is 17.5 Å². The minimum atomic E-state index is -0.981. The van der Waals surface area contributed by atoms with Crippen LogP contribution in [0, 0.1) is 0 Å². The molecular formula is C4H7NO4. The van der Waals surface area contributed by atoms with Gasteiger partial charge in [-0.1, -0.05) is 6.58 Å². The average molecular weight is 133 g/mol. The summed E-state index contributed by atoms with van der Waals surface area (Å²) < 4.78 is 0. The summed E-state index contributed by atoms with van der Waals surface area (Å²) in [6, 6.07) is 0. The smallest absolute Gasteiger partial charge is 0.327 e. The zero-order valence-corrected chi connectivity index (χ0v) is 4.61. The first-order valence-electron chi connectivity index (χ1n) is 1.83. The van der Waals surface area contributed by atoms with Gasteiger partial charge in [0.25, 0.3) is 0 Å². The predicted octanol–water partition coefficient (Wildman–Crippen LogP) is -0.710. The summed E-state index contributed by atoms with van der Waals surface area (Å²) in [5.41, 5.74) is 0. The van der Waals surface area contributed by atoms with Crippen molar-refractivity contribution in [2.24, 2.45) is 5.90 Å². The summed E-state index contributed by atoms with van der Waals surface area (Å²) >= 11 is 0. The van der Waals surface area contributed by atoms with E-state index in [1.165, 1.54) is 0 Å². The number of aliphatic carboxylic acids is 1. The van der Waals surface area contributed by atoms with Gasteiger partial charge in [0, 0.05) is 6.08 Å². The zero-order chi connectivity index (χ0) is 7.70. The van der Waals surface area contributed by atoms with Crippen LogP contribution >= 0.6 is 0 Å². The molecule has 0 aromatic carbocycles. The van der Waals surface area contributed by atoms with Gasteiger partial charge in [0.15, 0.2) is 0 Å². The molecule has 5 heteroatoms. The Hall–Kier alpha value is -1.36. The van der Waals surface area contributed by atoms with E-state index in [2.05, 4.69) is 17.3 Å². The van der Waals surface area contributed by atoms with E-state index in [0.717, 1.165) is 6.08 Å². The van der Waals surface area contributed by atoms with Crippen LogP contribution in [0.5, 0.6) is 0 Å². The van der Waals surface area contributed by atoms with Crippen LogP contribution in [0.3, 0.4) is 0 Å². The Labute approximate surface area is 51.7 Å². The average Bonchev–Trinajstić information content (AvgIpc) is 1.89. The number of hydrogen-bond acceptors (Lipinski definition) is 4. The maximum atomic E-state index is 9.25. The molecule has 9 heavy (non-hydrogen) atoms. The number of hydrogen-bond donors (Lipinski definition) is 2. The van der Waals surface area contributed by atoms with E-state index in [9.17, 15) is 4.79 Å². The fourth-order valence-electron chi connectivity index (χ4n) is 0. The molecule has 0 saturated heterocycles. The second-order valence-electron chi connectivity index (χ2n) is 0.775. The van der Waals surface area contributed by atoms with Gasteiger partial charge in [-0.25, -0.2) is 4.79 Å². The number of rotatable bonds is 2. The molecule has 0 aliphatic heterocycles. The van der Waals surface area contributed by atoms with Crippen molar-refractivity contribution in [3.8, 4) is 0 Å². The molecule has 0 bridgehead atoms. The second-order valence-corrected chi connectivity index (χ2v) is 0.775. The molecule has 0 aliphatic carbocycles. The maximum Gasteiger partial charge on any atom is 0.327 e. The molecule has 0 aromatic rings. The predicted molar refractivity (Wildman–Crippen MR) is 29.2 cm³/mol. The molecule has 0 unspecified atom stereocenters. The molecule has 0 heterocycles. The molecule has 0 aliphatic rings. The van der Waals surface area contributed by atoms with Crippen LogP contribution < -0.4 is 5.90 Å². The van der Waals surface area contributed by atoms with Crippen LogP contribution in [0.15, 0.2) is 12.7 Å². The van der Waals surface area contributed by atoms with Gasteiger partial charge in [-0.05, 0) is 0 Å². The highest BCUT2D eigenvalue weighted by molar-refractivity contribution is 5.78. The van der Waals surface area contributed by atoms with Crippen molar-refractivity contribution in [3.63, 3.8) is 0 Å². The van der Waals surface area contributed by atoms with Gasteiger partial charge in [-0.15, -0.1) is 0 Å². The highest BCUT2D eigenvalue weighted by atomic mass is 16.6. The summed E-state index contributed by atoms with van der Waals surface area (Å²) in [5.74, 6) is 3.18. The van der Waals surface area contributed by atoms with Crippen LogP contribution in [0.4, 0.5) is 0 Å². The first-order valence-corrected chi connectivity index (χ1v) is 1.83. The number of carbonyl (C=O) groups is 2. The standard InChI is InChI=1S/C3H4O2.CH3NO2/c1-2-3(4)5;2-4-1-3/h2H,1H2,(H,4,5);1H,2H2. The molecule has 0 spiro atoms. The topological polar surface area (TPSA) is 89.6 Å². The third kappa shape index (κ3) is 53.2. The van der Waals surface area contributed by atoms with E-state index in [0.29, 0.717) is 0 Å². The molecule has 0 amide bonds. The van der Waals surface area contributed by atoms with Gasteiger partial charge in [0.1, 0.15) is 0 Å². The minimum absolute atomic E-state index is 0.153. The molecule has 0 fully saturated rings. The molecule has 52 valence electrons. The molecule has 0 radical (unpaired) electrons. The highest BCUT2D eigenvalue weighted by Gasteiger charge is 1.73. The number of carboxylic acid groups (broad SMARTS) is 1. The van der Waals surface area contributed by atoms with Crippen molar-refractivity contribution in [2.45, 2.75) is 0 Å². The van der Waals surface area contributed by atoms with Crippen molar-refractivity contribution in [2.75, 3.05) is 0 Å². The van der Waals surface area contributed by atoms with E-state index in [1.54, 1.807) is 0 Å². The summed E-state index contributed by atoms with van der Waals surface area (Å²) in [5, 5.41) is 7.60. The monoisotopic (exact) mass is 133 g/mol. The van der Waals surface area contributed by atoms with Gasteiger partial charge in [-0.3, -0.25) is 4.79 Å². The van der Waals surface area contributed by atoms with Crippen molar-refractivity contribution in [3.05, 3.63) is 12.7 Å². The van der Waals surface area contributed by atoms with Crippen LogP contribution in [0.1, 0.15) is 0 Å². The molecule has 0 rings (SSSR count). The Kier molecular flexibility index (Phi) is 11.5. The van der Waals surface area contributed by atoms with Gasteiger partial charge in [0.05, 0.1) is 0 Å². The molecule has 0 atom stereocenters. The maximum absolute atomic E-state index is 9.25. The van der Waals surface area contributed by atoms with Gasteiger partial charge >= 0.3 is 12.4 Å². The lowest BCUT2D eigenvalue weighted by Crippen LogP contribution is -1.92. The lowest BCUT2D eigenvalue weighted by atomic mass is 10.7. The second kappa shape index (κ2) is 9.81. The Morgan fingerprint density at radius 2 is 2.00 bits per heavy atom. The first-order chi connectivity index (χ1) is 4.18. The quantitative estimate of drug-likeness (QED) is 0.295. The fourth-order valence-corrected chi connectivity index (χ4v) is 0. The minimum Gasteiger partial charge on any atom is -0.478 e. The zero-order valence-electron chi connectivity index (χ0n) is 4.61. The Balaban J connectivity index is 0. The largest absolute Gasteiger partial charge is 0.478 e. The summed E-state index contributed by atoms with van der Waals surface area (Å²) in [6.45, 7) is 3.11. The third-order valence-electron chi connectivity index (χ3n) is 0.230. The van der Waals surface area contributed by atoms with Gasteiger partial charge in [-0.2, -0.15) is 5.90 Å². The summed E-state index contributed by atoms with van der Waals surface area (Å²) in [7, 11) is 0. The van der Waals surface area contributed by atoms with Crippen molar-refractivity contribution in [1.29, 1.82) is 0 Å². The molecule has 0 aromatic heterocycles. The summed E-state index contributed by atoms with van der Waals surface area (Å²) in [4.78, 5) is 21.4. The Bertz CT molecular complexity index is 101. The lowest BCUT2D eigenvalue weighted by molar-refractivity contribution is -0.131. The van der Waals surface area contributed by atoms with E-state index in [-0.39, 0.29) is 6.47 Å². The molecule has 3 N–H and O–H groups in total. The van der Waals surface area contributed by atoms with E-state index in [4.69, 9.17) is 9.90 Å². The highest BCUT2D eigenvalue weighted by Crippen LogP contribution is 1.54. The fraction of sp³-hybridized carbons (Fsp3) is 0. The van der Waals surface area contributed by atoms with Gasteiger partial charge in [0.2, 0.25) is 0 Å². The van der Waals surface area contributed by atoms with Crippen molar-refractivity contribution >= 4 is 12.4 Å². The number of carbonyl (C=O) groups excluding carboxylic acids is 1. The Morgan fingerprint density at radius 1 is 1.78 bits per heavy atom. The first kappa shape index (κ1) is 10.6. The van der Waals surface area contributed by atoms with Crippen LogP contribution in [-0.2, 0) is 14.4 Å². The van der Waals surface area contributed by atoms with E-state index >= 15 is 0 Å². The number of carboxylic acids is 1. The summed E-state index contributed by atoms with van der Waals surface area (Å²) in [6.07, 6.45) is 0.833. The lowest BCUT2D eigenvalue weighted by Gasteiger charge is -1.66. The molecule has 0 saturated carbocycles. The molecule has 5 nitrogen and oxygen atoms in total. The SMILES string of the molecule is C=CC(=O)O.NOC=O. The van der Waals surface area contributed by atoms with E-state index < -0.39 is 5.97 Å². The molecular weight excluding hydrogens is 126 g/mol. The van der Waals surface area contributed by atoms with Crippen molar-refractivity contribution < 1.29 is 19.5 Å². The van der Waals surface area contributed by atoms with Crippen LogP contribution in [0.25, 0.3) is 0 Å². The number of nitrogens with two attached hydrogens (primary N) is 1. The van der Waals surface area contributed by atoms with Crippen molar-refractivity contribution in [1.82, 2.24) is 0 Å².